The van der Waals surface area contributed by atoms with E-state index in [2.05, 4.69) is 4.74 Å². The molecule has 8 nitrogen and oxygen atoms in total. The highest BCUT2D eigenvalue weighted by atomic mass is 16.6. The van der Waals surface area contributed by atoms with Gasteiger partial charge >= 0.3 is 5.97 Å². The molecule has 8 heteroatoms. The molecule has 0 aliphatic heterocycles. The second-order valence-corrected chi connectivity index (χ2v) is 3.78. The van der Waals surface area contributed by atoms with E-state index >= 15 is 0 Å². The zero-order chi connectivity index (χ0) is 15.8. The van der Waals surface area contributed by atoms with E-state index in [1.807, 2.05) is 0 Å². The van der Waals surface area contributed by atoms with Crippen LogP contribution in [0, 0.1) is 21.4 Å². The Morgan fingerprint density at radius 3 is 2.76 bits per heavy atom. The van der Waals surface area contributed by atoms with Crippen molar-refractivity contribution in [1.29, 1.82) is 5.26 Å². The minimum atomic E-state index is -0.872. The van der Waals surface area contributed by atoms with E-state index in [-0.39, 0.29) is 24.4 Å². The number of methoxy groups -OCH3 is 1. The Morgan fingerprint density at radius 2 is 2.19 bits per heavy atom. The van der Waals surface area contributed by atoms with Gasteiger partial charge in [0.1, 0.15) is 18.2 Å². The van der Waals surface area contributed by atoms with Gasteiger partial charge in [0, 0.05) is 13.2 Å². The quantitative estimate of drug-likeness (QED) is 0.189. The highest BCUT2D eigenvalue weighted by Crippen LogP contribution is 2.24. The number of carbonyl (C=O) groups excluding carboxylic acids is 1. The maximum atomic E-state index is 11.6. The maximum Gasteiger partial charge on any atom is 0.348 e. The van der Waals surface area contributed by atoms with Gasteiger partial charge in [-0.05, 0) is 17.4 Å². The summed E-state index contributed by atoms with van der Waals surface area (Å²) in [5.41, 5.74) is -0.783. The normalized spacial score (nSPS) is 10.8. The van der Waals surface area contributed by atoms with Gasteiger partial charge in [-0.1, -0.05) is 12.1 Å². The Kier molecular flexibility index (Phi) is 5.85. The van der Waals surface area contributed by atoms with Crippen molar-refractivity contribution >= 4 is 17.7 Å². The molecule has 0 saturated carbocycles. The molecule has 1 aromatic carbocycles. The summed E-state index contributed by atoms with van der Waals surface area (Å²) in [7, 11) is 1.43. The SMILES string of the molecule is COCCOC(=O)/C(C#N)=C/c1ccc([O-])c([N+](=O)[O-])c1. The highest BCUT2D eigenvalue weighted by molar-refractivity contribution is 5.98. The zero-order valence-corrected chi connectivity index (χ0v) is 11.1. The fraction of sp³-hybridized carbons (Fsp3) is 0.231. The van der Waals surface area contributed by atoms with Crippen molar-refractivity contribution in [3.05, 3.63) is 39.4 Å². The number of nitriles is 1. The number of hydrogen-bond donors (Lipinski definition) is 0. The van der Waals surface area contributed by atoms with E-state index in [9.17, 15) is 20.0 Å². The highest BCUT2D eigenvalue weighted by Gasteiger charge is 2.12. The van der Waals surface area contributed by atoms with Crippen LogP contribution < -0.4 is 5.11 Å². The van der Waals surface area contributed by atoms with Crippen LogP contribution in [0.4, 0.5) is 5.69 Å². The number of nitro benzene ring substituents is 1. The Balaban J connectivity index is 2.98. The Bertz CT molecular complexity index is 618. The van der Waals surface area contributed by atoms with Gasteiger partial charge in [0.2, 0.25) is 0 Å². The number of esters is 1. The molecule has 0 unspecified atom stereocenters. The predicted molar refractivity (Wildman–Crippen MR) is 69.0 cm³/mol. The van der Waals surface area contributed by atoms with Crippen LogP contribution in [0.2, 0.25) is 0 Å². The minimum Gasteiger partial charge on any atom is -0.868 e. The molecule has 0 amide bonds. The second-order valence-electron chi connectivity index (χ2n) is 3.78. The van der Waals surface area contributed by atoms with Gasteiger partial charge in [-0.15, -0.1) is 0 Å². The van der Waals surface area contributed by atoms with Crippen molar-refractivity contribution in [1.82, 2.24) is 0 Å². The van der Waals surface area contributed by atoms with E-state index in [0.29, 0.717) is 0 Å². The molecule has 0 aliphatic carbocycles. The molecule has 0 N–H and O–H groups in total. The fourth-order valence-corrected chi connectivity index (χ4v) is 1.37. The summed E-state index contributed by atoms with van der Waals surface area (Å²) in [6, 6.07) is 4.89. The van der Waals surface area contributed by atoms with Gasteiger partial charge in [-0.25, -0.2) is 4.79 Å². The first-order valence-corrected chi connectivity index (χ1v) is 5.73. The molecule has 21 heavy (non-hydrogen) atoms. The van der Waals surface area contributed by atoms with Gasteiger partial charge in [0.15, 0.2) is 0 Å². The number of nitro groups is 1. The molecule has 0 fully saturated rings. The van der Waals surface area contributed by atoms with Gasteiger partial charge in [0.25, 0.3) is 5.69 Å². The third-order valence-corrected chi connectivity index (χ3v) is 2.35. The molecule has 0 bridgehead atoms. The molecule has 0 radical (unpaired) electrons. The maximum absolute atomic E-state index is 11.6. The summed E-state index contributed by atoms with van der Waals surface area (Å²) in [5.74, 6) is -1.62. The van der Waals surface area contributed by atoms with E-state index < -0.39 is 22.3 Å². The van der Waals surface area contributed by atoms with Crippen LogP contribution in [0.1, 0.15) is 5.56 Å². The molecule has 0 saturated heterocycles. The van der Waals surface area contributed by atoms with E-state index in [4.69, 9.17) is 10.00 Å². The van der Waals surface area contributed by atoms with Gasteiger partial charge < -0.3 is 14.6 Å². The molecule has 1 rings (SSSR count). The summed E-state index contributed by atoms with van der Waals surface area (Å²) < 4.78 is 9.45. The standard InChI is InChI=1S/C13H12N2O6/c1-20-4-5-21-13(17)10(8-14)6-9-2-3-12(16)11(7-9)15(18)19/h2-3,6-7,16H,4-5H2,1H3/p-1/b10-6+. The van der Waals surface area contributed by atoms with E-state index in [1.54, 1.807) is 6.07 Å². The van der Waals surface area contributed by atoms with Crippen molar-refractivity contribution in [3.8, 4) is 11.8 Å². The largest absolute Gasteiger partial charge is 0.868 e. The van der Waals surface area contributed by atoms with Crippen LogP contribution in [-0.2, 0) is 14.3 Å². The molecular formula is C13H11N2O6-. The average Bonchev–Trinajstić information content (AvgIpc) is 2.46. The van der Waals surface area contributed by atoms with Crippen molar-refractivity contribution in [2.75, 3.05) is 20.3 Å². The second kappa shape index (κ2) is 7.62. The molecule has 110 valence electrons. The number of hydrogen-bond acceptors (Lipinski definition) is 7. The molecule has 0 aromatic heterocycles. The van der Waals surface area contributed by atoms with Crippen molar-refractivity contribution < 1.29 is 24.3 Å². The zero-order valence-electron chi connectivity index (χ0n) is 11.1. The first-order valence-electron chi connectivity index (χ1n) is 5.73. The minimum absolute atomic E-state index is 0.0198. The number of nitrogens with zero attached hydrogens (tertiary/aromatic N) is 2. The van der Waals surface area contributed by atoms with Crippen LogP contribution in [0.15, 0.2) is 23.8 Å². The molecule has 0 spiro atoms. The molecule has 0 heterocycles. The number of benzene rings is 1. The lowest BCUT2D eigenvalue weighted by Crippen LogP contribution is -2.11. The molecular weight excluding hydrogens is 280 g/mol. The monoisotopic (exact) mass is 291 g/mol. The van der Waals surface area contributed by atoms with Gasteiger partial charge in [-0.3, -0.25) is 10.1 Å². The molecule has 0 atom stereocenters. The number of rotatable bonds is 6. The average molecular weight is 291 g/mol. The first-order chi connectivity index (χ1) is 9.99. The van der Waals surface area contributed by atoms with Gasteiger partial charge in [-0.2, -0.15) is 5.26 Å². The summed E-state index contributed by atoms with van der Waals surface area (Å²) in [5, 5.41) is 30.8. The van der Waals surface area contributed by atoms with Crippen molar-refractivity contribution in [3.63, 3.8) is 0 Å². The van der Waals surface area contributed by atoms with E-state index in [1.165, 1.54) is 13.2 Å². The van der Waals surface area contributed by atoms with Crippen molar-refractivity contribution in [2.45, 2.75) is 0 Å². The lowest BCUT2D eigenvalue weighted by molar-refractivity contribution is -0.398. The number of ether oxygens (including phenoxy) is 2. The van der Waals surface area contributed by atoms with Crippen LogP contribution >= 0.6 is 0 Å². The summed E-state index contributed by atoms with van der Waals surface area (Å²) >= 11 is 0. The predicted octanol–water partition coefficient (Wildman–Crippen LogP) is 0.765. The van der Waals surface area contributed by atoms with Crippen LogP contribution in [0.25, 0.3) is 6.08 Å². The summed E-state index contributed by atoms with van der Waals surface area (Å²) in [4.78, 5) is 21.4. The Morgan fingerprint density at radius 1 is 1.48 bits per heavy atom. The lowest BCUT2D eigenvalue weighted by Gasteiger charge is -2.07. The topological polar surface area (TPSA) is 126 Å². The lowest BCUT2D eigenvalue weighted by atomic mass is 10.1. The van der Waals surface area contributed by atoms with Crippen LogP contribution in [-0.4, -0.2) is 31.2 Å². The molecule has 1 aromatic rings. The van der Waals surface area contributed by atoms with Crippen molar-refractivity contribution in [2.24, 2.45) is 0 Å². The van der Waals surface area contributed by atoms with E-state index in [0.717, 1.165) is 18.2 Å². The summed E-state index contributed by atoms with van der Waals surface area (Å²) in [6.45, 7) is 0.162. The summed E-state index contributed by atoms with van der Waals surface area (Å²) in [6.07, 6.45) is 1.11. The fourth-order valence-electron chi connectivity index (χ4n) is 1.37. The Hall–Kier alpha value is -2.92. The first kappa shape index (κ1) is 16.1. The van der Waals surface area contributed by atoms with Gasteiger partial charge in [0.05, 0.1) is 11.5 Å². The Labute approximate surface area is 120 Å². The third kappa shape index (κ3) is 4.59. The van der Waals surface area contributed by atoms with Crippen LogP contribution in [0.3, 0.4) is 0 Å². The molecule has 0 aliphatic rings. The van der Waals surface area contributed by atoms with Crippen LogP contribution in [0.5, 0.6) is 5.75 Å². The third-order valence-electron chi connectivity index (χ3n) is 2.35. The smallest absolute Gasteiger partial charge is 0.348 e. The number of carbonyl (C=O) groups is 1.